The standard InChI is InChI=1S/C20H22N2O4S/c1-4-9-18(20(24)22(5-2)6-3)19(23)21-27(25,26)17-13-12-15-10-7-8-11-16(15)14-17/h1,7-8,10-14,18H,5-6,9H2,2-3H3,(H,21,23). The molecule has 1 N–H and O–H groups in total. The molecule has 1 unspecified atom stereocenters. The molecule has 0 bridgehead atoms. The molecule has 6 nitrogen and oxygen atoms in total. The maximum atomic E-state index is 12.6. The minimum atomic E-state index is -4.13. The molecular formula is C20H22N2O4S. The smallest absolute Gasteiger partial charge is 0.264 e. The lowest BCUT2D eigenvalue weighted by Crippen LogP contribution is -2.45. The number of terminal acetylenes is 1. The average molecular weight is 386 g/mol. The molecule has 0 aliphatic rings. The molecule has 142 valence electrons. The predicted molar refractivity (Wildman–Crippen MR) is 104 cm³/mol. The van der Waals surface area contributed by atoms with Crippen LogP contribution in [0.1, 0.15) is 20.3 Å². The van der Waals surface area contributed by atoms with Crippen LogP contribution in [-0.4, -0.2) is 38.2 Å². The Hall–Kier alpha value is -2.85. The lowest BCUT2D eigenvalue weighted by molar-refractivity contribution is -0.141. The summed E-state index contributed by atoms with van der Waals surface area (Å²) in [4.78, 5) is 26.4. The maximum absolute atomic E-state index is 12.6. The molecule has 0 aliphatic heterocycles. The van der Waals surface area contributed by atoms with Crippen molar-refractivity contribution in [2.75, 3.05) is 13.1 Å². The number of amides is 2. The lowest BCUT2D eigenvalue weighted by Gasteiger charge is -2.23. The largest absolute Gasteiger partial charge is 0.343 e. The summed E-state index contributed by atoms with van der Waals surface area (Å²) in [7, 11) is -4.13. The second kappa shape index (κ2) is 8.69. The van der Waals surface area contributed by atoms with Gasteiger partial charge in [0.05, 0.1) is 4.90 Å². The van der Waals surface area contributed by atoms with Crippen molar-refractivity contribution < 1.29 is 18.0 Å². The van der Waals surface area contributed by atoms with Crippen molar-refractivity contribution in [1.82, 2.24) is 9.62 Å². The average Bonchev–Trinajstić information content (AvgIpc) is 2.66. The molecule has 0 heterocycles. The van der Waals surface area contributed by atoms with E-state index >= 15 is 0 Å². The number of nitrogens with one attached hydrogen (secondary N) is 1. The number of rotatable bonds is 7. The number of carbonyl (C=O) groups is 2. The van der Waals surface area contributed by atoms with Gasteiger partial charge in [-0.15, -0.1) is 12.3 Å². The second-order valence-electron chi connectivity index (χ2n) is 5.95. The van der Waals surface area contributed by atoms with E-state index in [1.54, 1.807) is 32.0 Å². The van der Waals surface area contributed by atoms with Gasteiger partial charge < -0.3 is 4.90 Å². The molecule has 7 heteroatoms. The molecule has 1 atom stereocenters. The zero-order valence-electron chi connectivity index (χ0n) is 15.3. The van der Waals surface area contributed by atoms with Crippen LogP contribution >= 0.6 is 0 Å². The summed E-state index contributed by atoms with van der Waals surface area (Å²) in [5, 5.41) is 1.61. The van der Waals surface area contributed by atoms with Crippen molar-refractivity contribution in [3.8, 4) is 12.3 Å². The Balaban J connectivity index is 2.29. The number of nitrogens with zero attached hydrogens (tertiary/aromatic N) is 1. The van der Waals surface area contributed by atoms with E-state index in [2.05, 4.69) is 5.92 Å². The van der Waals surface area contributed by atoms with Gasteiger partial charge in [-0.05, 0) is 36.8 Å². The molecule has 0 aliphatic carbocycles. The van der Waals surface area contributed by atoms with Gasteiger partial charge >= 0.3 is 0 Å². The zero-order chi connectivity index (χ0) is 20.0. The molecule has 0 aromatic heterocycles. The molecular weight excluding hydrogens is 364 g/mol. The Bertz CT molecular complexity index is 988. The summed E-state index contributed by atoms with van der Waals surface area (Å²) < 4.78 is 27.2. The van der Waals surface area contributed by atoms with E-state index in [1.807, 2.05) is 16.9 Å². The highest BCUT2D eigenvalue weighted by atomic mass is 32.2. The highest BCUT2D eigenvalue weighted by Gasteiger charge is 2.32. The van der Waals surface area contributed by atoms with Crippen molar-refractivity contribution in [1.29, 1.82) is 0 Å². The van der Waals surface area contributed by atoms with Gasteiger partial charge in [0, 0.05) is 19.5 Å². The van der Waals surface area contributed by atoms with Crippen LogP contribution in [0.4, 0.5) is 0 Å². The molecule has 0 saturated heterocycles. The van der Waals surface area contributed by atoms with Crippen molar-refractivity contribution in [2.24, 2.45) is 5.92 Å². The van der Waals surface area contributed by atoms with E-state index < -0.39 is 27.8 Å². The van der Waals surface area contributed by atoms with Crippen LogP contribution in [0.25, 0.3) is 10.8 Å². The second-order valence-corrected chi connectivity index (χ2v) is 7.63. The SMILES string of the molecule is C#CCC(C(=O)NS(=O)(=O)c1ccc2ccccc2c1)C(=O)N(CC)CC. The predicted octanol–water partition coefficient (Wildman–Crippen LogP) is 2.15. The van der Waals surface area contributed by atoms with Crippen LogP contribution in [0.2, 0.25) is 0 Å². The molecule has 2 aromatic rings. The number of benzene rings is 2. The Morgan fingerprint density at radius 2 is 1.74 bits per heavy atom. The monoisotopic (exact) mass is 386 g/mol. The van der Waals surface area contributed by atoms with Gasteiger partial charge in [-0.3, -0.25) is 9.59 Å². The molecule has 0 saturated carbocycles. The normalized spacial score (nSPS) is 12.2. The van der Waals surface area contributed by atoms with Gasteiger partial charge in [0.2, 0.25) is 11.8 Å². The third kappa shape index (κ3) is 4.66. The van der Waals surface area contributed by atoms with Crippen LogP contribution in [0, 0.1) is 18.3 Å². The van der Waals surface area contributed by atoms with E-state index in [1.165, 1.54) is 17.0 Å². The maximum Gasteiger partial charge on any atom is 0.264 e. The van der Waals surface area contributed by atoms with Gasteiger partial charge in [-0.1, -0.05) is 30.3 Å². The quantitative estimate of drug-likeness (QED) is 0.584. The third-order valence-electron chi connectivity index (χ3n) is 4.28. The summed E-state index contributed by atoms with van der Waals surface area (Å²) in [6.07, 6.45) is 5.10. The van der Waals surface area contributed by atoms with Crippen LogP contribution in [0.5, 0.6) is 0 Å². The summed E-state index contributed by atoms with van der Waals surface area (Å²) in [5.41, 5.74) is 0. The Morgan fingerprint density at radius 3 is 2.33 bits per heavy atom. The van der Waals surface area contributed by atoms with E-state index in [4.69, 9.17) is 6.42 Å². The first-order valence-corrected chi connectivity index (χ1v) is 10.1. The fourth-order valence-corrected chi connectivity index (χ4v) is 3.82. The first-order chi connectivity index (χ1) is 12.8. The molecule has 2 amide bonds. The summed E-state index contributed by atoms with van der Waals surface area (Å²) in [6.45, 7) is 4.36. The number of hydrogen-bond acceptors (Lipinski definition) is 4. The molecule has 0 spiro atoms. The van der Waals surface area contributed by atoms with E-state index in [9.17, 15) is 18.0 Å². The van der Waals surface area contributed by atoms with Crippen molar-refractivity contribution >= 4 is 32.6 Å². The minimum Gasteiger partial charge on any atom is -0.343 e. The van der Waals surface area contributed by atoms with E-state index in [0.717, 1.165) is 10.8 Å². The van der Waals surface area contributed by atoms with E-state index in [-0.39, 0.29) is 11.3 Å². The molecule has 27 heavy (non-hydrogen) atoms. The topological polar surface area (TPSA) is 83.5 Å². The Morgan fingerprint density at radius 1 is 1.11 bits per heavy atom. The Labute approximate surface area is 159 Å². The van der Waals surface area contributed by atoms with Gasteiger partial charge in [0.15, 0.2) is 0 Å². The number of hydrogen-bond donors (Lipinski definition) is 1. The number of carbonyl (C=O) groups excluding carboxylic acids is 2. The highest BCUT2D eigenvalue weighted by molar-refractivity contribution is 7.90. The number of sulfonamides is 1. The summed E-state index contributed by atoms with van der Waals surface area (Å²) in [5.74, 6) is -0.367. The van der Waals surface area contributed by atoms with Crippen molar-refractivity contribution in [2.45, 2.75) is 25.2 Å². The fraction of sp³-hybridized carbons (Fsp3) is 0.300. The van der Waals surface area contributed by atoms with Gasteiger partial charge in [-0.25, -0.2) is 13.1 Å². The molecule has 2 rings (SSSR count). The van der Waals surface area contributed by atoms with Crippen LogP contribution in [0.3, 0.4) is 0 Å². The van der Waals surface area contributed by atoms with Gasteiger partial charge in [0.1, 0.15) is 5.92 Å². The zero-order valence-corrected chi connectivity index (χ0v) is 16.1. The first kappa shape index (κ1) is 20.5. The summed E-state index contributed by atoms with van der Waals surface area (Å²) >= 11 is 0. The summed E-state index contributed by atoms with van der Waals surface area (Å²) in [6, 6.07) is 11.8. The van der Waals surface area contributed by atoms with Gasteiger partial charge in [0.25, 0.3) is 10.0 Å². The van der Waals surface area contributed by atoms with Crippen LogP contribution in [0.15, 0.2) is 47.4 Å². The minimum absolute atomic E-state index is 0.0516. The van der Waals surface area contributed by atoms with E-state index in [0.29, 0.717) is 13.1 Å². The van der Waals surface area contributed by atoms with Gasteiger partial charge in [-0.2, -0.15) is 0 Å². The van der Waals surface area contributed by atoms with Crippen molar-refractivity contribution in [3.63, 3.8) is 0 Å². The van der Waals surface area contributed by atoms with Crippen LogP contribution in [-0.2, 0) is 19.6 Å². The molecule has 0 fully saturated rings. The first-order valence-electron chi connectivity index (χ1n) is 8.61. The van der Waals surface area contributed by atoms with Crippen LogP contribution < -0.4 is 4.72 Å². The number of fused-ring (bicyclic) bond motifs is 1. The molecule has 2 aromatic carbocycles. The highest BCUT2D eigenvalue weighted by Crippen LogP contribution is 2.19. The molecule has 0 radical (unpaired) electrons. The lowest BCUT2D eigenvalue weighted by atomic mass is 10.0. The fourth-order valence-electron chi connectivity index (χ4n) is 2.76. The third-order valence-corrected chi connectivity index (χ3v) is 5.62. The Kier molecular flexibility index (Phi) is 6.59. The van der Waals surface area contributed by atoms with Crippen molar-refractivity contribution in [3.05, 3.63) is 42.5 Å².